The number of anilines is 1. The third-order valence-electron chi connectivity index (χ3n) is 4.00. The maximum atomic E-state index is 12.1. The van der Waals surface area contributed by atoms with E-state index in [4.69, 9.17) is 9.15 Å². The van der Waals surface area contributed by atoms with Crippen LogP contribution in [0, 0.1) is 12.8 Å². The molecule has 0 N–H and O–H groups in total. The molecular formula is C17H21NO3. The molecule has 1 aromatic heterocycles. The van der Waals surface area contributed by atoms with Crippen molar-refractivity contribution in [1.29, 1.82) is 0 Å². The van der Waals surface area contributed by atoms with Crippen LogP contribution in [0.1, 0.15) is 35.9 Å². The fraction of sp³-hybridized carbons (Fsp3) is 0.471. The Labute approximate surface area is 124 Å². The zero-order valence-electron chi connectivity index (χ0n) is 12.8. The van der Waals surface area contributed by atoms with E-state index in [-0.39, 0.29) is 5.97 Å². The highest BCUT2D eigenvalue weighted by Gasteiger charge is 2.24. The van der Waals surface area contributed by atoms with Gasteiger partial charge in [0.15, 0.2) is 0 Å². The largest absolute Gasteiger partial charge is 0.462 e. The molecule has 0 spiro atoms. The van der Waals surface area contributed by atoms with Crippen molar-refractivity contribution in [3.05, 3.63) is 29.5 Å². The van der Waals surface area contributed by atoms with Gasteiger partial charge in [0.05, 0.1) is 6.61 Å². The van der Waals surface area contributed by atoms with Crippen LogP contribution in [0.4, 0.5) is 5.69 Å². The first kappa shape index (κ1) is 14.0. The third-order valence-corrected chi connectivity index (χ3v) is 4.00. The second-order valence-electron chi connectivity index (χ2n) is 5.76. The summed E-state index contributed by atoms with van der Waals surface area (Å²) in [5, 5.41) is 0.839. The van der Waals surface area contributed by atoms with Gasteiger partial charge in [0, 0.05) is 24.7 Å². The van der Waals surface area contributed by atoms with Crippen LogP contribution in [0.25, 0.3) is 11.0 Å². The van der Waals surface area contributed by atoms with Crippen molar-refractivity contribution in [2.75, 3.05) is 25.1 Å². The van der Waals surface area contributed by atoms with E-state index in [2.05, 4.69) is 11.9 Å². The summed E-state index contributed by atoms with van der Waals surface area (Å²) in [5.41, 5.74) is 2.40. The van der Waals surface area contributed by atoms with E-state index in [1.807, 2.05) is 25.1 Å². The first-order valence-electron chi connectivity index (χ1n) is 7.51. The highest BCUT2D eigenvalue weighted by atomic mass is 16.5. The smallest absolute Gasteiger partial charge is 0.342 e. The van der Waals surface area contributed by atoms with Crippen LogP contribution in [0.15, 0.2) is 22.6 Å². The molecule has 0 saturated heterocycles. The summed E-state index contributed by atoms with van der Waals surface area (Å²) in [4.78, 5) is 14.4. The monoisotopic (exact) mass is 287 g/mol. The fourth-order valence-electron chi connectivity index (χ4n) is 2.70. The lowest BCUT2D eigenvalue weighted by Crippen LogP contribution is -2.19. The van der Waals surface area contributed by atoms with Crippen molar-refractivity contribution >= 4 is 22.6 Å². The normalized spacial score (nSPS) is 14.4. The second-order valence-corrected chi connectivity index (χ2v) is 5.76. The van der Waals surface area contributed by atoms with Gasteiger partial charge in [0.25, 0.3) is 0 Å². The molecule has 0 aliphatic heterocycles. The minimum Gasteiger partial charge on any atom is -0.462 e. The van der Waals surface area contributed by atoms with Crippen LogP contribution in [0.3, 0.4) is 0 Å². The Balaban J connectivity index is 1.98. The lowest BCUT2D eigenvalue weighted by atomic mass is 10.1. The minimum atomic E-state index is -0.309. The van der Waals surface area contributed by atoms with Gasteiger partial charge in [0.1, 0.15) is 16.9 Å². The number of aryl methyl sites for hydroxylation is 1. The number of rotatable bonds is 5. The summed E-state index contributed by atoms with van der Waals surface area (Å²) >= 11 is 0. The molecule has 2 aromatic rings. The highest BCUT2D eigenvalue weighted by Crippen LogP contribution is 2.33. The van der Waals surface area contributed by atoms with Crippen molar-refractivity contribution in [3.8, 4) is 0 Å². The van der Waals surface area contributed by atoms with Crippen molar-refractivity contribution in [1.82, 2.24) is 0 Å². The quantitative estimate of drug-likeness (QED) is 0.785. The minimum absolute atomic E-state index is 0.309. The number of carbonyl (C=O) groups is 1. The Morgan fingerprint density at radius 3 is 2.86 bits per heavy atom. The van der Waals surface area contributed by atoms with Gasteiger partial charge in [0.2, 0.25) is 0 Å². The number of nitrogens with zero attached hydrogens (tertiary/aromatic N) is 1. The first-order chi connectivity index (χ1) is 10.1. The molecule has 1 fully saturated rings. The SMILES string of the molecule is CCOC(=O)c1c(C)oc2ccc(N(C)CC3CC3)cc12. The summed E-state index contributed by atoms with van der Waals surface area (Å²) in [6, 6.07) is 6.01. The molecule has 1 aliphatic rings. The Hall–Kier alpha value is -1.97. The summed E-state index contributed by atoms with van der Waals surface area (Å²) in [6.45, 7) is 5.05. The van der Waals surface area contributed by atoms with E-state index in [1.54, 1.807) is 6.92 Å². The number of hydrogen-bond acceptors (Lipinski definition) is 4. The topological polar surface area (TPSA) is 42.7 Å². The number of esters is 1. The van der Waals surface area contributed by atoms with Gasteiger partial charge in [-0.1, -0.05) is 0 Å². The van der Waals surface area contributed by atoms with Crippen molar-refractivity contribution in [3.63, 3.8) is 0 Å². The van der Waals surface area contributed by atoms with Crippen LogP contribution in [-0.4, -0.2) is 26.2 Å². The molecular weight excluding hydrogens is 266 g/mol. The number of ether oxygens (including phenoxy) is 1. The molecule has 21 heavy (non-hydrogen) atoms. The number of carbonyl (C=O) groups excluding carboxylic acids is 1. The second kappa shape index (κ2) is 5.43. The molecule has 4 heteroatoms. The van der Waals surface area contributed by atoms with E-state index in [0.717, 1.165) is 29.1 Å². The summed E-state index contributed by atoms with van der Waals surface area (Å²) in [5.74, 6) is 1.13. The highest BCUT2D eigenvalue weighted by molar-refractivity contribution is 6.05. The number of benzene rings is 1. The zero-order valence-corrected chi connectivity index (χ0v) is 12.8. The number of hydrogen-bond donors (Lipinski definition) is 0. The zero-order chi connectivity index (χ0) is 15.0. The Kier molecular flexibility index (Phi) is 3.62. The molecule has 0 bridgehead atoms. The van der Waals surface area contributed by atoms with Gasteiger partial charge in [-0.3, -0.25) is 0 Å². The number of furan rings is 1. The van der Waals surface area contributed by atoms with Gasteiger partial charge < -0.3 is 14.1 Å². The molecule has 112 valence electrons. The Morgan fingerprint density at radius 2 is 2.19 bits per heavy atom. The van der Waals surface area contributed by atoms with E-state index >= 15 is 0 Å². The lowest BCUT2D eigenvalue weighted by Gasteiger charge is -2.19. The molecule has 3 rings (SSSR count). The van der Waals surface area contributed by atoms with E-state index in [9.17, 15) is 4.79 Å². The van der Waals surface area contributed by atoms with Crippen LogP contribution in [0.2, 0.25) is 0 Å². The molecule has 0 amide bonds. The average molecular weight is 287 g/mol. The fourth-order valence-corrected chi connectivity index (χ4v) is 2.70. The van der Waals surface area contributed by atoms with Gasteiger partial charge >= 0.3 is 5.97 Å². The number of fused-ring (bicyclic) bond motifs is 1. The standard InChI is InChI=1S/C17H21NO3/c1-4-20-17(19)16-11(2)21-15-8-7-13(9-14(15)16)18(3)10-12-5-6-12/h7-9,12H,4-6,10H2,1-3H3. The molecule has 0 atom stereocenters. The third kappa shape index (κ3) is 2.75. The van der Waals surface area contributed by atoms with Gasteiger partial charge in [-0.25, -0.2) is 4.79 Å². The molecule has 4 nitrogen and oxygen atoms in total. The van der Waals surface area contributed by atoms with E-state index in [0.29, 0.717) is 17.9 Å². The molecule has 1 aliphatic carbocycles. The first-order valence-corrected chi connectivity index (χ1v) is 7.51. The van der Waals surface area contributed by atoms with Crippen molar-refractivity contribution in [2.45, 2.75) is 26.7 Å². The molecule has 1 saturated carbocycles. The maximum Gasteiger partial charge on any atom is 0.342 e. The summed E-state index contributed by atoms with van der Waals surface area (Å²) < 4.78 is 10.8. The maximum absolute atomic E-state index is 12.1. The molecule has 1 heterocycles. The summed E-state index contributed by atoms with van der Waals surface area (Å²) in [6.07, 6.45) is 2.65. The summed E-state index contributed by atoms with van der Waals surface area (Å²) in [7, 11) is 2.09. The predicted molar refractivity (Wildman–Crippen MR) is 82.9 cm³/mol. The Morgan fingerprint density at radius 1 is 1.43 bits per heavy atom. The molecule has 0 radical (unpaired) electrons. The van der Waals surface area contributed by atoms with Gasteiger partial charge in [-0.05, 0) is 50.8 Å². The Bertz CT molecular complexity index is 670. The van der Waals surface area contributed by atoms with E-state index in [1.165, 1.54) is 12.8 Å². The van der Waals surface area contributed by atoms with Crippen LogP contribution >= 0.6 is 0 Å². The molecule has 0 unspecified atom stereocenters. The predicted octanol–water partition coefficient (Wildman–Crippen LogP) is 3.76. The van der Waals surface area contributed by atoms with E-state index < -0.39 is 0 Å². The van der Waals surface area contributed by atoms with Crippen LogP contribution in [-0.2, 0) is 4.74 Å². The van der Waals surface area contributed by atoms with Crippen molar-refractivity contribution in [2.24, 2.45) is 5.92 Å². The van der Waals surface area contributed by atoms with Gasteiger partial charge in [-0.2, -0.15) is 0 Å². The van der Waals surface area contributed by atoms with Crippen molar-refractivity contribution < 1.29 is 13.9 Å². The average Bonchev–Trinajstić information content (AvgIpc) is 3.18. The van der Waals surface area contributed by atoms with Gasteiger partial charge in [-0.15, -0.1) is 0 Å². The van der Waals surface area contributed by atoms with Crippen LogP contribution in [0.5, 0.6) is 0 Å². The lowest BCUT2D eigenvalue weighted by molar-refractivity contribution is 0.0526. The molecule has 1 aromatic carbocycles. The van der Waals surface area contributed by atoms with Crippen LogP contribution < -0.4 is 4.90 Å².